The van der Waals surface area contributed by atoms with Crippen molar-refractivity contribution in [3.63, 3.8) is 0 Å². The second-order valence-corrected chi connectivity index (χ2v) is 4.62. The molecule has 20 heavy (non-hydrogen) atoms. The maximum absolute atomic E-state index is 13.4. The lowest BCUT2D eigenvalue weighted by Crippen LogP contribution is -2.46. The van der Waals surface area contributed by atoms with E-state index < -0.39 is 29.1 Å². The number of rotatable bonds is 2. The smallest absolute Gasteiger partial charge is 0.409 e. The highest BCUT2D eigenvalue weighted by Crippen LogP contribution is 2.40. The van der Waals surface area contributed by atoms with Crippen molar-refractivity contribution in [3.05, 3.63) is 28.2 Å². The molecule has 1 saturated heterocycles. The highest BCUT2D eigenvalue weighted by molar-refractivity contribution is 5.30. The molecule has 1 N–H and O–H groups in total. The molecule has 0 saturated carbocycles. The molecule has 1 aliphatic rings. The maximum atomic E-state index is 13.4. The summed E-state index contributed by atoms with van der Waals surface area (Å²) in [6.45, 7) is 0.557. The van der Waals surface area contributed by atoms with Crippen molar-refractivity contribution in [2.24, 2.45) is 7.05 Å². The van der Waals surface area contributed by atoms with E-state index in [-0.39, 0.29) is 26.3 Å². The van der Waals surface area contributed by atoms with Crippen LogP contribution in [0.5, 0.6) is 5.75 Å². The Morgan fingerprint density at radius 3 is 2.50 bits per heavy atom. The average Bonchev–Trinajstić information content (AvgIpc) is 2.39. The van der Waals surface area contributed by atoms with Crippen molar-refractivity contribution in [2.75, 3.05) is 26.3 Å². The molecule has 0 bridgehead atoms. The highest BCUT2D eigenvalue weighted by Gasteiger charge is 2.47. The Labute approximate surface area is 113 Å². The molecule has 1 aromatic heterocycles. The number of nitrogens with zero attached hydrogens (tertiary/aromatic N) is 2. The topological polar surface area (TPSA) is 54.7 Å². The van der Waals surface area contributed by atoms with Crippen LogP contribution in [0.25, 0.3) is 0 Å². The normalized spacial score (nSPS) is 19.0. The number of pyridine rings is 1. The van der Waals surface area contributed by atoms with Crippen LogP contribution in [0.15, 0.2) is 17.1 Å². The van der Waals surface area contributed by atoms with Gasteiger partial charge in [0.15, 0.2) is 11.8 Å². The molecule has 5 nitrogen and oxygen atoms in total. The van der Waals surface area contributed by atoms with Crippen LogP contribution in [0.4, 0.5) is 13.2 Å². The molecule has 0 aliphatic carbocycles. The summed E-state index contributed by atoms with van der Waals surface area (Å²) in [7, 11) is 1.37. The Balaban J connectivity index is 2.52. The molecule has 0 radical (unpaired) electrons. The molecule has 0 aromatic carbocycles. The van der Waals surface area contributed by atoms with Gasteiger partial charge < -0.3 is 14.4 Å². The van der Waals surface area contributed by atoms with Gasteiger partial charge in [-0.2, -0.15) is 13.2 Å². The van der Waals surface area contributed by atoms with Crippen LogP contribution < -0.4 is 5.43 Å². The molecule has 112 valence electrons. The van der Waals surface area contributed by atoms with Gasteiger partial charge in [-0.1, -0.05) is 0 Å². The van der Waals surface area contributed by atoms with Crippen LogP contribution >= 0.6 is 0 Å². The Bertz CT molecular complexity index is 536. The number of aromatic hydroxyl groups is 1. The first-order valence-corrected chi connectivity index (χ1v) is 6.09. The van der Waals surface area contributed by atoms with Crippen LogP contribution in [0.2, 0.25) is 0 Å². The Hall–Kier alpha value is -1.54. The summed E-state index contributed by atoms with van der Waals surface area (Å²) in [5.74, 6) is -0.858. The molecule has 2 rings (SSSR count). The van der Waals surface area contributed by atoms with Gasteiger partial charge in [-0.15, -0.1) is 0 Å². The fourth-order valence-corrected chi connectivity index (χ4v) is 2.33. The first-order valence-electron chi connectivity index (χ1n) is 6.09. The van der Waals surface area contributed by atoms with Crippen molar-refractivity contribution in [1.82, 2.24) is 9.47 Å². The molecule has 1 aromatic rings. The molecule has 1 unspecified atom stereocenters. The van der Waals surface area contributed by atoms with Crippen LogP contribution in [0, 0.1) is 0 Å². The van der Waals surface area contributed by atoms with Gasteiger partial charge in [-0.3, -0.25) is 9.69 Å². The van der Waals surface area contributed by atoms with Gasteiger partial charge in [0.1, 0.15) is 0 Å². The van der Waals surface area contributed by atoms with Gasteiger partial charge in [-0.25, -0.2) is 0 Å². The van der Waals surface area contributed by atoms with Crippen LogP contribution in [-0.4, -0.2) is 47.1 Å². The van der Waals surface area contributed by atoms with Gasteiger partial charge in [0.2, 0.25) is 5.43 Å². The van der Waals surface area contributed by atoms with E-state index in [0.29, 0.717) is 0 Å². The summed E-state index contributed by atoms with van der Waals surface area (Å²) in [5, 5.41) is 9.75. The highest BCUT2D eigenvalue weighted by atomic mass is 19.4. The van der Waals surface area contributed by atoms with Crippen molar-refractivity contribution in [3.8, 4) is 5.75 Å². The molecular formula is C12H15F3N2O3. The lowest BCUT2D eigenvalue weighted by molar-refractivity contribution is -0.196. The first kappa shape index (κ1) is 14.9. The third-order valence-corrected chi connectivity index (χ3v) is 3.29. The van der Waals surface area contributed by atoms with Crippen molar-refractivity contribution < 1.29 is 23.0 Å². The Kier molecular flexibility index (Phi) is 4.05. The minimum absolute atomic E-state index is 0.0900. The van der Waals surface area contributed by atoms with Gasteiger partial charge in [0.25, 0.3) is 0 Å². The number of aryl methyl sites for hydroxylation is 1. The van der Waals surface area contributed by atoms with Crippen molar-refractivity contribution in [1.29, 1.82) is 0 Å². The number of morpholine rings is 1. The summed E-state index contributed by atoms with van der Waals surface area (Å²) in [4.78, 5) is 12.6. The zero-order valence-electron chi connectivity index (χ0n) is 10.9. The van der Waals surface area contributed by atoms with Gasteiger partial charge in [-0.05, 0) is 0 Å². The number of hydrogen-bond acceptors (Lipinski definition) is 4. The van der Waals surface area contributed by atoms with Crippen LogP contribution in [-0.2, 0) is 11.8 Å². The fraction of sp³-hybridized carbons (Fsp3) is 0.583. The molecule has 0 amide bonds. The first-order chi connectivity index (χ1) is 9.32. The Morgan fingerprint density at radius 2 is 1.95 bits per heavy atom. The van der Waals surface area contributed by atoms with Gasteiger partial charge in [0.05, 0.1) is 18.9 Å². The minimum atomic E-state index is -4.60. The summed E-state index contributed by atoms with van der Waals surface area (Å²) in [6.07, 6.45) is -3.38. The van der Waals surface area contributed by atoms with Crippen LogP contribution in [0.3, 0.4) is 0 Å². The lowest BCUT2D eigenvalue weighted by Gasteiger charge is -2.36. The van der Waals surface area contributed by atoms with E-state index in [1.807, 2.05) is 0 Å². The van der Waals surface area contributed by atoms with Crippen molar-refractivity contribution >= 4 is 0 Å². The molecule has 0 spiro atoms. The summed E-state index contributed by atoms with van der Waals surface area (Å²) in [5.41, 5.74) is -1.26. The van der Waals surface area contributed by atoms with E-state index in [1.54, 1.807) is 0 Å². The number of alkyl halides is 3. The summed E-state index contributed by atoms with van der Waals surface area (Å²) >= 11 is 0. The third kappa shape index (κ3) is 2.80. The average molecular weight is 292 g/mol. The molecule has 2 heterocycles. The van der Waals surface area contributed by atoms with Crippen molar-refractivity contribution in [2.45, 2.75) is 12.2 Å². The quantitative estimate of drug-likeness (QED) is 0.884. The van der Waals surface area contributed by atoms with E-state index in [1.165, 1.54) is 13.2 Å². The van der Waals surface area contributed by atoms with E-state index in [9.17, 15) is 23.1 Å². The fourth-order valence-electron chi connectivity index (χ4n) is 2.33. The maximum Gasteiger partial charge on any atom is 0.409 e. The number of halogens is 3. The van der Waals surface area contributed by atoms with E-state index in [0.717, 1.165) is 15.5 Å². The van der Waals surface area contributed by atoms with Gasteiger partial charge in [0, 0.05) is 32.4 Å². The minimum Gasteiger partial charge on any atom is -0.503 e. The molecule has 1 aliphatic heterocycles. The third-order valence-electron chi connectivity index (χ3n) is 3.29. The summed E-state index contributed by atoms with van der Waals surface area (Å²) in [6, 6.07) is -0.990. The Morgan fingerprint density at radius 1 is 1.35 bits per heavy atom. The molecular weight excluding hydrogens is 277 g/mol. The second-order valence-electron chi connectivity index (χ2n) is 4.62. The van der Waals surface area contributed by atoms with E-state index >= 15 is 0 Å². The second kappa shape index (κ2) is 5.45. The standard InChI is InChI=1S/C12H15F3N2O3/c1-16-3-2-8(18)10(19)9(16)11(12(13,14)15)17-4-6-20-7-5-17/h2-3,11,19H,4-7H2,1H3. The predicted octanol–water partition coefficient (Wildman–Crippen LogP) is 1.03. The summed E-state index contributed by atoms with van der Waals surface area (Å²) < 4.78 is 46.3. The van der Waals surface area contributed by atoms with E-state index in [2.05, 4.69) is 0 Å². The number of aromatic nitrogens is 1. The lowest BCUT2D eigenvalue weighted by atomic mass is 10.1. The number of ether oxygens (including phenoxy) is 1. The zero-order valence-corrected chi connectivity index (χ0v) is 10.9. The largest absolute Gasteiger partial charge is 0.503 e. The molecule has 8 heteroatoms. The van der Waals surface area contributed by atoms with E-state index in [4.69, 9.17) is 4.74 Å². The zero-order chi connectivity index (χ0) is 14.9. The number of hydrogen-bond donors (Lipinski definition) is 1. The monoisotopic (exact) mass is 292 g/mol. The van der Waals surface area contributed by atoms with Crippen LogP contribution in [0.1, 0.15) is 11.7 Å². The molecule has 1 fully saturated rings. The predicted molar refractivity (Wildman–Crippen MR) is 64.5 cm³/mol. The molecule has 1 atom stereocenters. The van der Waals surface area contributed by atoms with Gasteiger partial charge >= 0.3 is 6.18 Å². The SMILES string of the molecule is Cn1ccc(=O)c(O)c1C(N1CCOCC1)C(F)(F)F.